The molecule has 2 rings (SSSR count). The van der Waals surface area contributed by atoms with Crippen LogP contribution in [0.1, 0.15) is 44.1 Å². The lowest BCUT2D eigenvalue weighted by Gasteiger charge is -2.13. The summed E-state index contributed by atoms with van der Waals surface area (Å²) in [5, 5.41) is 3.20. The molecule has 1 nitrogen and oxygen atoms in total. The first kappa shape index (κ1) is 15.7. The van der Waals surface area contributed by atoms with Crippen molar-refractivity contribution in [2.45, 2.75) is 44.7 Å². The van der Waals surface area contributed by atoms with Crippen LogP contribution in [0, 0.1) is 5.92 Å². The Morgan fingerprint density at radius 2 is 1.90 bits per heavy atom. The van der Waals surface area contributed by atoms with E-state index in [1.54, 1.807) is 0 Å². The Kier molecular flexibility index (Phi) is 5.35. The minimum atomic E-state index is -4.29. The average Bonchev–Trinajstić information content (AvgIpc) is 2.88. The summed E-state index contributed by atoms with van der Waals surface area (Å²) in [7, 11) is 0. The molecule has 0 unspecified atom stereocenters. The van der Waals surface area contributed by atoms with Gasteiger partial charge in [0, 0.05) is 16.7 Å². The van der Waals surface area contributed by atoms with Crippen molar-refractivity contribution in [3.63, 3.8) is 0 Å². The fraction of sp³-hybridized carbons (Fsp3) is 0.600. The quantitative estimate of drug-likeness (QED) is 0.657. The third kappa shape index (κ3) is 4.40. The van der Waals surface area contributed by atoms with Crippen LogP contribution >= 0.6 is 15.9 Å². The monoisotopic (exact) mass is 349 g/mol. The van der Waals surface area contributed by atoms with Crippen molar-refractivity contribution in [1.82, 2.24) is 0 Å². The van der Waals surface area contributed by atoms with Crippen LogP contribution < -0.4 is 5.32 Å². The van der Waals surface area contributed by atoms with Gasteiger partial charge in [-0.05, 0) is 52.9 Å². The lowest BCUT2D eigenvalue weighted by Crippen LogP contribution is -2.07. The smallest absolute Gasteiger partial charge is 0.384 e. The van der Waals surface area contributed by atoms with Crippen molar-refractivity contribution >= 4 is 21.6 Å². The molecule has 1 aromatic carbocycles. The number of nitrogens with one attached hydrogen (secondary N) is 1. The van der Waals surface area contributed by atoms with Gasteiger partial charge in [-0.2, -0.15) is 13.2 Å². The zero-order chi connectivity index (χ0) is 14.6. The summed E-state index contributed by atoms with van der Waals surface area (Å²) in [4.78, 5) is 0. The Morgan fingerprint density at radius 1 is 1.20 bits per heavy atom. The summed E-state index contributed by atoms with van der Waals surface area (Å²) < 4.78 is 38.1. The molecule has 0 spiro atoms. The number of hydrogen-bond acceptors (Lipinski definition) is 1. The van der Waals surface area contributed by atoms with Gasteiger partial charge < -0.3 is 5.32 Å². The van der Waals surface area contributed by atoms with Gasteiger partial charge in [0.2, 0.25) is 0 Å². The molecule has 1 aliphatic rings. The first-order valence-electron chi connectivity index (χ1n) is 7.07. The van der Waals surface area contributed by atoms with Crippen LogP contribution in [0.4, 0.5) is 18.9 Å². The zero-order valence-electron chi connectivity index (χ0n) is 11.3. The summed E-state index contributed by atoms with van der Waals surface area (Å²) in [6, 6.07) is 3.73. The molecular formula is C15H19BrF3N. The maximum Gasteiger partial charge on any atom is 0.416 e. The summed E-state index contributed by atoms with van der Waals surface area (Å²) in [5.74, 6) is 0.854. The fourth-order valence-corrected chi connectivity index (χ4v) is 3.27. The number of halogens is 4. The predicted octanol–water partition coefficient (Wildman–Crippen LogP) is 5.85. The van der Waals surface area contributed by atoms with E-state index >= 15 is 0 Å². The van der Waals surface area contributed by atoms with Gasteiger partial charge >= 0.3 is 6.18 Å². The van der Waals surface area contributed by atoms with Crippen molar-refractivity contribution in [1.29, 1.82) is 0 Å². The molecule has 112 valence electrons. The number of rotatable bonds is 5. The van der Waals surface area contributed by atoms with E-state index in [0.29, 0.717) is 4.47 Å². The first-order chi connectivity index (χ1) is 9.47. The molecule has 1 fully saturated rings. The average molecular weight is 350 g/mol. The number of anilines is 1. The molecule has 0 amide bonds. The third-order valence-corrected chi connectivity index (χ3v) is 4.53. The van der Waals surface area contributed by atoms with E-state index in [4.69, 9.17) is 0 Å². The van der Waals surface area contributed by atoms with E-state index in [1.165, 1.54) is 38.2 Å². The number of hydrogen-bond donors (Lipinski definition) is 1. The van der Waals surface area contributed by atoms with Gasteiger partial charge in [0.15, 0.2) is 0 Å². The van der Waals surface area contributed by atoms with Crippen LogP contribution in [0.25, 0.3) is 0 Å². The minimum absolute atomic E-state index is 0.466. The van der Waals surface area contributed by atoms with E-state index < -0.39 is 11.7 Å². The molecule has 1 aliphatic carbocycles. The normalized spacial score (nSPS) is 16.6. The highest BCUT2D eigenvalue weighted by Gasteiger charge is 2.30. The predicted molar refractivity (Wildman–Crippen MR) is 78.8 cm³/mol. The molecule has 5 heteroatoms. The van der Waals surface area contributed by atoms with Crippen molar-refractivity contribution < 1.29 is 13.2 Å². The van der Waals surface area contributed by atoms with Gasteiger partial charge in [-0.25, -0.2) is 0 Å². The third-order valence-electron chi connectivity index (χ3n) is 3.88. The number of benzene rings is 1. The highest BCUT2D eigenvalue weighted by Crippen LogP contribution is 2.34. The van der Waals surface area contributed by atoms with Crippen LogP contribution in [0.5, 0.6) is 0 Å². The minimum Gasteiger partial charge on any atom is -0.384 e. The number of alkyl halides is 3. The molecule has 1 saturated carbocycles. The largest absolute Gasteiger partial charge is 0.416 e. The standard InChI is InChI=1S/C15H19BrF3N/c16-13-10-12(15(17,18)19)7-8-14(13)20-9-3-6-11-4-1-2-5-11/h7-8,10-11,20H,1-6,9H2. The van der Waals surface area contributed by atoms with E-state index in [9.17, 15) is 13.2 Å². The second kappa shape index (κ2) is 6.83. The molecule has 1 N–H and O–H groups in total. The van der Waals surface area contributed by atoms with Gasteiger partial charge in [0.05, 0.1) is 5.56 Å². The molecule has 0 saturated heterocycles. The van der Waals surface area contributed by atoms with Crippen molar-refractivity contribution in [3.05, 3.63) is 28.2 Å². The highest BCUT2D eigenvalue weighted by molar-refractivity contribution is 9.10. The second-order valence-electron chi connectivity index (χ2n) is 5.41. The van der Waals surface area contributed by atoms with Crippen molar-refractivity contribution in [3.8, 4) is 0 Å². The van der Waals surface area contributed by atoms with Crippen LogP contribution in [0.2, 0.25) is 0 Å². The van der Waals surface area contributed by atoms with Crippen LogP contribution in [0.15, 0.2) is 22.7 Å². The molecule has 0 bridgehead atoms. The lowest BCUT2D eigenvalue weighted by molar-refractivity contribution is -0.137. The van der Waals surface area contributed by atoms with Crippen molar-refractivity contribution in [2.24, 2.45) is 5.92 Å². The van der Waals surface area contributed by atoms with E-state index in [0.717, 1.165) is 36.7 Å². The van der Waals surface area contributed by atoms with E-state index in [-0.39, 0.29) is 0 Å². The Hall–Kier alpha value is -0.710. The van der Waals surface area contributed by atoms with Crippen LogP contribution in [-0.2, 0) is 6.18 Å². The van der Waals surface area contributed by atoms with E-state index in [1.807, 2.05) is 0 Å². The Labute approximate surface area is 126 Å². The molecule has 0 aromatic heterocycles. The Morgan fingerprint density at radius 3 is 2.50 bits per heavy atom. The molecule has 20 heavy (non-hydrogen) atoms. The van der Waals surface area contributed by atoms with Gasteiger partial charge in [-0.3, -0.25) is 0 Å². The zero-order valence-corrected chi connectivity index (χ0v) is 12.9. The van der Waals surface area contributed by atoms with Gasteiger partial charge in [-0.15, -0.1) is 0 Å². The second-order valence-corrected chi connectivity index (χ2v) is 6.27. The molecule has 1 aromatic rings. The van der Waals surface area contributed by atoms with Crippen LogP contribution in [-0.4, -0.2) is 6.54 Å². The summed E-state index contributed by atoms with van der Waals surface area (Å²) >= 11 is 3.20. The first-order valence-corrected chi connectivity index (χ1v) is 7.87. The molecule has 0 aliphatic heterocycles. The SMILES string of the molecule is FC(F)(F)c1ccc(NCCCC2CCCC2)c(Br)c1. The maximum absolute atomic E-state index is 12.5. The van der Waals surface area contributed by atoms with Gasteiger partial charge in [0.1, 0.15) is 0 Å². The molecule has 0 radical (unpaired) electrons. The van der Waals surface area contributed by atoms with Crippen molar-refractivity contribution in [2.75, 3.05) is 11.9 Å². The summed E-state index contributed by atoms with van der Waals surface area (Å²) in [6.07, 6.45) is 3.37. The molecular weight excluding hydrogens is 331 g/mol. The Bertz CT molecular complexity index is 439. The molecule has 0 atom stereocenters. The van der Waals surface area contributed by atoms with Gasteiger partial charge in [-0.1, -0.05) is 25.7 Å². The maximum atomic E-state index is 12.5. The highest BCUT2D eigenvalue weighted by atomic mass is 79.9. The lowest BCUT2D eigenvalue weighted by atomic mass is 10.0. The summed E-state index contributed by atoms with van der Waals surface area (Å²) in [6.45, 7) is 0.806. The summed E-state index contributed by atoms with van der Waals surface area (Å²) in [5.41, 5.74) is 0.102. The van der Waals surface area contributed by atoms with Gasteiger partial charge in [0.25, 0.3) is 0 Å². The molecule has 0 heterocycles. The fourth-order valence-electron chi connectivity index (χ4n) is 2.75. The topological polar surface area (TPSA) is 12.0 Å². The van der Waals surface area contributed by atoms with Crippen LogP contribution in [0.3, 0.4) is 0 Å². The van der Waals surface area contributed by atoms with E-state index in [2.05, 4.69) is 21.2 Å². The Balaban J connectivity index is 1.80.